The summed E-state index contributed by atoms with van der Waals surface area (Å²) in [5.41, 5.74) is 3.62. The maximum Gasteiger partial charge on any atom is 0.140 e. The molecule has 126 valence electrons. The molecule has 1 fully saturated rings. The van der Waals surface area contributed by atoms with Crippen molar-refractivity contribution in [2.75, 3.05) is 13.6 Å². The number of aryl methyl sites for hydroxylation is 1. The van der Waals surface area contributed by atoms with Crippen LogP contribution in [0, 0.1) is 12.8 Å². The van der Waals surface area contributed by atoms with E-state index in [1.807, 2.05) is 13.1 Å². The third-order valence-electron chi connectivity index (χ3n) is 5.21. The Labute approximate surface area is 141 Å². The number of rotatable bonds is 8. The van der Waals surface area contributed by atoms with Crippen molar-refractivity contribution in [1.82, 2.24) is 5.32 Å². The average Bonchev–Trinajstić information content (AvgIpc) is 2.58. The molecule has 0 aromatic heterocycles. The Morgan fingerprint density at radius 3 is 2.74 bits per heavy atom. The second-order valence-electron chi connectivity index (χ2n) is 6.83. The summed E-state index contributed by atoms with van der Waals surface area (Å²) >= 11 is 0. The van der Waals surface area contributed by atoms with E-state index in [1.165, 1.54) is 43.2 Å². The van der Waals surface area contributed by atoms with Crippen LogP contribution < -0.4 is 5.32 Å². The second kappa shape index (κ2) is 9.02. The van der Waals surface area contributed by atoms with Crippen LogP contribution in [0.2, 0.25) is 0 Å². The summed E-state index contributed by atoms with van der Waals surface area (Å²) in [4.78, 5) is 13.1. The molecule has 2 nitrogen and oxygen atoms in total. The van der Waals surface area contributed by atoms with Gasteiger partial charge in [-0.1, -0.05) is 50.1 Å². The molecular weight excluding hydrogens is 282 g/mol. The Kier molecular flexibility index (Phi) is 7.04. The van der Waals surface area contributed by atoms with Crippen LogP contribution in [0.15, 0.2) is 24.8 Å². The van der Waals surface area contributed by atoms with Gasteiger partial charge in [0.05, 0.1) is 0 Å². The van der Waals surface area contributed by atoms with Crippen molar-refractivity contribution in [3.8, 4) is 0 Å². The van der Waals surface area contributed by atoms with E-state index in [0.29, 0.717) is 18.1 Å². The molecule has 2 heteroatoms. The molecule has 0 saturated heterocycles. The molecule has 1 unspecified atom stereocenters. The number of carbonyl (C=O) groups excluding carboxylic acids is 1. The fraction of sp³-hybridized carbons (Fsp3) is 0.571. The number of ketones is 1. The van der Waals surface area contributed by atoms with Crippen LogP contribution in [-0.2, 0) is 4.79 Å². The Balaban J connectivity index is 2.32. The van der Waals surface area contributed by atoms with E-state index >= 15 is 0 Å². The molecule has 23 heavy (non-hydrogen) atoms. The van der Waals surface area contributed by atoms with Gasteiger partial charge in [0.1, 0.15) is 5.78 Å². The van der Waals surface area contributed by atoms with Crippen molar-refractivity contribution in [1.29, 1.82) is 0 Å². The molecule has 1 saturated carbocycles. The maximum absolute atomic E-state index is 13.1. The Morgan fingerprint density at radius 2 is 2.09 bits per heavy atom. The monoisotopic (exact) mass is 313 g/mol. The van der Waals surface area contributed by atoms with Crippen LogP contribution in [0.3, 0.4) is 0 Å². The number of hydrogen-bond donors (Lipinski definition) is 1. The van der Waals surface area contributed by atoms with Gasteiger partial charge in [-0.15, -0.1) is 0 Å². The first-order valence-electron chi connectivity index (χ1n) is 9.08. The zero-order valence-electron chi connectivity index (χ0n) is 14.7. The van der Waals surface area contributed by atoms with E-state index in [4.69, 9.17) is 0 Å². The van der Waals surface area contributed by atoms with Crippen molar-refractivity contribution in [3.05, 3.63) is 41.5 Å². The minimum absolute atomic E-state index is 0.0568. The van der Waals surface area contributed by atoms with Gasteiger partial charge in [0.15, 0.2) is 0 Å². The lowest BCUT2D eigenvalue weighted by Gasteiger charge is -2.32. The van der Waals surface area contributed by atoms with Gasteiger partial charge in [-0.05, 0) is 62.4 Å². The molecule has 1 N–H and O–H groups in total. The topological polar surface area (TPSA) is 29.1 Å². The predicted molar refractivity (Wildman–Crippen MR) is 98.8 cm³/mol. The van der Waals surface area contributed by atoms with Gasteiger partial charge in [-0.25, -0.2) is 0 Å². The zero-order valence-corrected chi connectivity index (χ0v) is 14.7. The van der Waals surface area contributed by atoms with E-state index in [9.17, 15) is 4.79 Å². The van der Waals surface area contributed by atoms with Gasteiger partial charge in [0.2, 0.25) is 0 Å². The summed E-state index contributed by atoms with van der Waals surface area (Å²) in [6.45, 7) is 7.02. The molecular formula is C21H31NO. The molecule has 1 aliphatic rings. The van der Waals surface area contributed by atoms with Crippen LogP contribution >= 0.6 is 0 Å². The van der Waals surface area contributed by atoms with Gasteiger partial charge in [-0.2, -0.15) is 0 Å². The number of hydrogen-bond acceptors (Lipinski definition) is 2. The van der Waals surface area contributed by atoms with Crippen molar-refractivity contribution < 1.29 is 4.79 Å². The first kappa shape index (κ1) is 17.9. The van der Waals surface area contributed by atoms with Crippen LogP contribution in [0.5, 0.6) is 0 Å². The van der Waals surface area contributed by atoms with Gasteiger partial charge >= 0.3 is 0 Å². The van der Waals surface area contributed by atoms with Crippen molar-refractivity contribution >= 4 is 11.9 Å². The lowest BCUT2D eigenvalue weighted by molar-refractivity contribution is -0.122. The van der Waals surface area contributed by atoms with Crippen LogP contribution in [-0.4, -0.2) is 19.4 Å². The highest BCUT2D eigenvalue weighted by Crippen LogP contribution is 2.40. The number of benzene rings is 1. The maximum atomic E-state index is 13.1. The second-order valence-corrected chi connectivity index (χ2v) is 6.83. The van der Waals surface area contributed by atoms with Gasteiger partial charge in [0, 0.05) is 12.3 Å². The molecule has 0 heterocycles. The molecule has 0 amide bonds. The largest absolute Gasteiger partial charge is 0.320 e. The van der Waals surface area contributed by atoms with E-state index in [-0.39, 0.29) is 5.92 Å². The zero-order chi connectivity index (χ0) is 16.7. The highest BCUT2D eigenvalue weighted by molar-refractivity contribution is 5.87. The normalized spacial score (nSPS) is 17.0. The number of Topliss-reactive ketones (excluding diaryl/α,β-unsaturated/α-hetero) is 1. The van der Waals surface area contributed by atoms with Crippen molar-refractivity contribution in [3.63, 3.8) is 0 Å². The van der Waals surface area contributed by atoms with Gasteiger partial charge < -0.3 is 5.32 Å². The molecule has 1 aromatic rings. The smallest absolute Gasteiger partial charge is 0.140 e. The van der Waals surface area contributed by atoms with E-state index in [1.54, 1.807) is 0 Å². The van der Waals surface area contributed by atoms with Crippen molar-refractivity contribution in [2.45, 2.75) is 57.8 Å². The van der Waals surface area contributed by atoms with E-state index < -0.39 is 0 Å². The Bertz CT molecular complexity index is 529. The summed E-state index contributed by atoms with van der Waals surface area (Å²) < 4.78 is 0. The first-order chi connectivity index (χ1) is 11.2. The SMILES string of the molecule is C=Cc1cccc(C)c1C(C(=O)CCCNC)C1CCCCC1. The minimum atomic E-state index is 0.0568. The lowest BCUT2D eigenvalue weighted by Crippen LogP contribution is -2.26. The van der Waals surface area contributed by atoms with Crippen LogP contribution in [0.1, 0.15) is 67.6 Å². The highest BCUT2D eigenvalue weighted by Gasteiger charge is 2.32. The molecule has 0 aliphatic heterocycles. The number of carbonyl (C=O) groups is 1. The van der Waals surface area contributed by atoms with Gasteiger partial charge in [-0.3, -0.25) is 4.79 Å². The van der Waals surface area contributed by atoms with Crippen LogP contribution in [0.25, 0.3) is 6.08 Å². The number of nitrogens with one attached hydrogen (secondary N) is 1. The predicted octanol–water partition coefficient (Wildman–Crippen LogP) is 4.87. The minimum Gasteiger partial charge on any atom is -0.320 e. The summed E-state index contributed by atoms with van der Waals surface area (Å²) in [5, 5.41) is 3.15. The van der Waals surface area contributed by atoms with Gasteiger partial charge in [0.25, 0.3) is 0 Å². The third-order valence-corrected chi connectivity index (χ3v) is 5.21. The summed E-state index contributed by atoms with van der Waals surface area (Å²) in [7, 11) is 1.94. The third kappa shape index (κ3) is 4.54. The summed E-state index contributed by atoms with van der Waals surface area (Å²) in [6.07, 6.45) is 9.74. The molecule has 1 atom stereocenters. The van der Waals surface area contributed by atoms with E-state index in [2.05, 4.69) is 37.0 Å². The lowest BCUT2D eigenvalue weighted by atomic mass is 9.72. The fourth-order valence-corrected chi connectivity index (χ4v) is 4.03. The molecule has 0 radical (unpaired) electrons. The molecule has 2 rings (SSSR count). The standard InChI is InChI=1S/C21H31NO/c1-4-17-13-8-10-16(2)20(17)21(18-11-6-5-7-12-18)19(23)14-9-15-22-3/h4,8,10,13,18,21-22H,1,5-7,9,11-12,14-15H2,2-3H3. The Hall–Kier alpha value is -1.41. The molecule has 1 aromatic carbocycles. The van der Waals surface area contributed by atoms with E-state index in [0.717, 1.165) is 18.5 Å². The quantitative estimate of drug-likeness (QED) is 0.694. The molecule has 1 aliphatic carbocycles. The molecule has 0 bridgehead atoms. The molecule has 0 spiro atoms. The Morgan fingerprint density at radius 1 is 1.35 bits per heavy atom. The fourth-order valence-electron chi connectivity index (χ4n) is 4.03. The average molecular weight is 313 g/mol. The summed E-state index contributed by atoms with van der Waals surface area (Å²) in [6, 6.07) is 6.31. The summed E-state index contributed by atoms with van der Waals surface area (Å²) in [5.74, 6) is 0.983. The van der Waals surface area contributed by atoms with Crippen molar-refractivity contribution in [2.24, 2.45) is 5.92 Å². The highest BCUT2D eigenvalue weighted by atomic mass is 16.1. The first-order valence-corrected chi connectivity index (χ1v) is 9.08. The van der Waals surface area contributed by atoms with Crippen LogP contribution in [0.4, 0.5) is 0 Å².